The summed E-state index contributed by atoms with van der Waals surface area (Å²) in [5, 5.41) is 7.00. The van der Waals surface area contributed by atoms with Crippen LogP contribution < -0.4 is 15.4 Å². The molecule has 0 radical (unpaired) electrons. The Kier molecular flexibility index (Phi) is 6.46. The summed E-state index contributed by atoms with van der Waals surface area (Å²) in [4.78, 5) is 2.11. The van der Waals surface area contributed by atoms with Crippen LogP contribution in [-0.4, -0.2) is 44.3 Å². The number of methoxy groups -OCH3 is 1. The van der Waals surface area contributed by atoms with E-state index in [1.165, 1.54) is 0 Å². The van der Waals surface area contributed by atoms with Crippen LogP contribution in [0.5, 0.6) is 5.75 Å². The average Bonchev–Trinajstić information content (AvgIpc) is 2.36. The normalized spacial score (nSPS) is 10.2. The predicted molar refractivity (Wildman–Crippen MR) is 79.0 cm³/mol. The second-order valence-corrected chi connectivity index (χ2v) is 4.63. The fraction of sp³-hybridized carbons (Fsp3) is 0.462. The maximum atomic E-state index is 5.28. The summed E-state index contributed by atoms with van der Waals surface area (Å²) in [6, 6.07) is 7.91. The van der Waals surface area contributed by atoms with Gasteiger partial charge in [-0.2, -0.15) is 0 Å². The Balaban J connectivity index is 2.33. The van der Waals surface area contributed by atoms with E-state index in [0.29, 0.717) is 11.7 Å². The number of benzene rings is 1. The van der Waals surface area contributed by atoms with Crippen LogP contribution in [0.1, 0.15) is 5.56 Å². The van der Waals surface area contributed by atoms with E-state index in [4.69, 9.17) is 17.0 Å². The molecule has 0 spiro atoms. The largest absolute Gasteiger partial charge is 0.496 e. The van der Waals surface area contributed by atoms with E-state index in [0.717, 1.165) is 24.4 Å². The van der Waals surface area contributed by atoms with Gasteiger partial charge in [-0.15, -0.1) is 0 Å². The fourth-order valence-corrected chi connectivity index (χ4v) is 1.65. The Labute approximate surface area is 114 Å². The summed E-state index contributed by atoms with van der Waals surface area (Å²) in [6.45, 7) is 2.46. The molecule has 1 aromatic carbocycles. The molecule has 2 N–H and O–H groups in total. The smallest absolute Gasteiger partial charge is 0.166 e. The van der Waals surface area contributed by atoms with Gasteiger partial charge in [-0.25, -0.2) is 0 Å². The van der Waals surface area contributed by atoms with E-state index in [2.05, 4.69) is 15.5 Å². The van der Waals surface area contributed by atoms with Gasteiger partial charge in [0.25, 0.3) is 0 Å². The van der Waals surface area contributed by atoms with Crippen LogP contribution in [0.15, 0.2) is 24.3 Å². The van der Waals surface area contributed by atoms with Crippen molar-refractivity contribution in [3.8, 4) is 5.75 Å². The van der Waals surface area contributed by atoms with E-state index in [1.54, 1.807) is 7.11 Å². The van der Waals surface area contributed by atoms with E-state index in [-0.39, 0.29) is 0 Å². The van der Waals surface area contributed by atoms with E-state index in [9.17, 15) is 0 Å². The molecule has 0 amide bonds. The second-order valence-electron chi connectivity index (χ2n) is 4.22. The monoisotopic (exact) mass is 267 g/mol. The number of ether oxygens (including phenoxy) is 1. The van der Waals surface area contributed by atoms with Crippen LogP contribution >= 0.6 is 12.2 Å². The number of para-hydroxylation sites is 1. The Morgan fingerprint density at radius 2 is 2.00 bits per heavy atom. The first-order chi connectivity index (χ1) is 8.63. The van der Waals surface area contributed by atoms with Crippen molar-refractivity contribution in [3.05, 3.63) is 29.8 Å². The predicted octanol–water partition coefficient (Wildman–Crippen LogP) is 1.22. The van der Waals surface area contributed by atoms with Gasteiger partial charge in [-0.3, -0.25) is 0 Å². The van der Waals surface area contributed by atoms with Crippen LogP contribution in [0.3, 0.4) is 0 Å². The molecule has 0 saturated carbocycles. The molecule has 0 atom stereocenters. The molecule has 5 heteroatoms. The van der Waals surface area contributed by atoms with Gasteiger partial charge in [0, 0.05) is 25.2 Å². The van der Waals surface area contributed by atoms with Crippen LogP contribution in [0.25, 0.3) is 0 Å². The maximum Gasteiger partial charge on any atom is 0.166 e. The van der Waals surface area contributed by atoms with Gasteiger partial charge < -0.3 is 20.3 Å². The first kappa shape index (κ1) is 14.7. The topological polar surface area (TPSA) is 36.5 Å². The van der Waals surface area contributed by atoms with Crippen molar-refractivity contribution in [1.29, 1.82) is 0 Å². The first-order valence-electron chi connectivity index (χ1n) is 5.92. The van der Waals surface area contributed by atoms with Crippen molar-refractivity contribution in [3.63, 3.8) is 0 Å². The quantitative estimate of drug-likeness (QED) is 0.758. The minimum absolute atomic E-state index is 0.664. The van der Waals surface area contributed by atoms with Crippen LogP contribution in [-0.2, 0) is 6.54 Å². The lowest BCUT2D eigenvalue weighted by molar-refractivity contribution is 0.408. The lowest BCUT2D eigenvalue weighted by Gasteiger charge is -2.14. The van der Waals surface area contributed by atoms with E-state index < -0.39 is 0 Å². The number of nitrogens with one attached hydrogen (secondary N) is 2. The molecule has 0 aliphatic rings. The summed E-state index contributed by atoms with van der Waals surface area (Å²) in [7, 11) is 5.74. The highest BCUT2D eigenvalue weighted by Gasteiger charge is 2.02. The van der Waals surface area contributed by atoms with Crippen molar-refractivity contribution in [2.75, 3.05) is 34.3 Å². The molecule has 1 aromatic rings. The van der Waals surface area contributed by atoms with Crippen molar-refractivity contribution < 1.29 is 4.74 Å². The minimum atomic E-state index is 0.664. The Bertz CT molecular complexity index is 382. The summed E-state index contributed by atoms with van der Waals surface area (Å²) < 4.78 is 5.28. The zero-order chi connectivity index (χ0) is 13.4. The summed E-state index contributed by atoms with van der Waals surface area (Å²) >= 11 is 5.20. The van der Waals surface area contributed by atoms with Crippen molar-refractivity contribution in [1.82, 2.24) is 15.5 Å². The summed E-state index contributed by atoms with van der Waals surface area (Å²) in [5.74, 6) is 0.876. The zero-order valence-electron chi connectivity index (χ0n) is 11.2. The highest BCUT2D eigenvalue weighted by molar-refractivity contribution is 7.80. The van der Waals surface area contributed by atoms with Gasteiger partial charge in [-0.1, -0.05) is 18.2 Å². The van der Waals surface area contributed by atoms with Gasteiger partial charge in [0.05, 0.1) is 7.11 Å². The van der Waals surface area contributed by atoms with Gasteiger partial charge >= 0.3 is 0 Å². The Morgan fingerprint density at radius 3 is 2.67 bits per heavy atom. The molecular weight excluding hydrogens is 246 g/mol. The highest BCUT2D eigenvalue weighted by Crippen LogP contribution is 2.16. The number of nitrogens with zero attached hydrogens (tertiary/aromatic N) is 1. The molecule has 1 rings (SSSR count). The number of hydrogen-bond donors (Lipinski definition) is 2. The highest BCUT2D eigenvalue weighted by atomic mass is 32.1. The molecular formula is C13H21N3OS. The fourth-order valence-electron chi connectivity index (χ4n) is 1.48. The van der Waals surface area contributed by atoms with Crippen molar-refractivity contribution in [2.45, 2.75) is 6.54 Å². The van der Waals surface area contributed by atoms with Gasteiger partial charge in [0.1, 0.15) is 5.75 Å². The maximum absolute atomic E-state index is 5.28. The zero-order valence-corrected chi connectivity index (χ0v) is 12.0. The lowest BCUT2D eigenvalue weighted by Crippen LogP contribution is -2.38. The molecule has 18 heavy (non-hydrogen) atoms. The molecule has 0 aliphatic carbocycles. The second kappa shape index (κ2) is 7.89. The average molecular weight is 267 g/mol. The Hall–Kier alpha value is -1.33. The SMILES string of the molecule is COc1ccccc1CNC(=S)NCCN(C)C. The van der Waals surface area contributed by atoms with Gasteiger partial charge in [0.2, 0.25) is 0 Å². The van der Waals surface area contributed by atoms with Gasteiger partial charge in [0.15, 0.2) is 5.11 Å². The molecule has 0 fully saturated rings. The molecule has 4 nitrogen and oxygen atoms in total. The third kappa shape index (κ3) is 5.33. The van der Waals surface area contributed by atoms with E-state index >= 15 is 0 Å². The van der Waals surface area contributed by atoms with Crippen molar-refractivity contribution in [2.24, 2.45) is 0 Å². The van der Waals surface area contributed by atoms with Crippen LogP contribution in [0, 0.1) is 0 Å². The molecule has 0 heterocycles. The lowest BCUT2D eigenvalue weighted by atomic mass is 10.2. The first-order valence-corrected chi connectivity index (χ1v) is 6.32. The van der Waals surface area contributed by atoms with Crippen molar-refractivity contribution >= 4 is 17.3 Å². The minimum Gasteiger partial charge on any atom is -0.496 e. The third-order valence-electron chi connectivity index (χ3n) is 2.48. The molecule has 0 bridgehead atoms. The van der Waals surface area contributed by atoms with E-state index in [1.807, 2.05) is 38.4 Å². The van der Waals surface area contributed by atoms with Gasteiger partial charge in [-0.05, 0) is 32.4 Å². The molecule has 0 saturated heterocycles. The van der Waals surface area contributed by atoms with Crippen LogP contribution in [0.2, 0.25) is 0 Å². The number of thiocarbonyl (C=S) groups is 1. The standard InChI is InChI=1S/C13H21N3OS/c1-16(2)9-8-14-13(18)15-10-11-6-4-5-7-12(11)17-3/h4-7H,8-10H2,1-3H3,(H2,14,15,18). The summed E-state index contributed by atoms with van der Waals surface area (Å²) in [6.07, 6.45) is 0. The number of likely N-dealkylation sites (N-methyl/N-ethyl adjacent to an activating group) is 1. The third-order valence-corrected chi connectivity index (χ3v) is 2.77. The summed E-state index contributed by atoms with van der Waals surface area (Å²) in [5.41, 5.74) is 1.09. The van der Waals surface area contributed by atoms with Crippen LogP contribution in [0.4, 0.5) is 0 Å². The molecule has 0 aliphatic heterocycles. The molecule has 0 aromatic heterocycles. The number of hydrogen-bond acceptors (Lipinski definition) is 3. The molecule has 0 unspecified atom stereocenters. The number of rotatable bonds is 6. The Morgan fingerprint density at radius 1 is 1.28 bits per heavy atom. The molecule has 100 valence electrons.